The van der Waals surface area contributed by atoms with Gasteiger partial charge in [-0.1, -0.05) is 23.5 Å². The van der Waals surface area contributed by atoms with Crippen molar-refractivity contribution in [3.8, 4) is 5.75 Å². The van der Waals surface area contributed by atoms with Gasteiger partial charge in [-0.3, -0.25) is 4.79 Å². The van der Waals surface area contributed by atoms with Gasteiger partial charge in [0.05, 0.1) is 22.5 Å². The summed E-state index contributed by atoms with van der Waals surface area (Å²) in [6, 6.07) is 16.9. The number of benzene rings is 2. The van der Waals surface area contributed by atoms with Gasteiger partial charge in [-0.2, -0.15) is 4.98 Å². The lowest BCUT2D eigenvalue weighted by atomic mass is 10.2. The van der Waals surface area contributed by atoms with E-state index in [0.29, 0.717) is 23.2 Å². The number of aromatic nitrogens is 5. The predicted molar refractivity (Wildman–Crippen MR) is 119 cm³/mol. The number of hydrogen-bond donors (Lipinski definition) is 0. The highest BCUT2D eigenvalue weighted by molar-refractivity contribution is 7.22. The Labute approximate surface area is 181 Å². The number of anilines is 2. The highest BCUT2D eigenvalue weighted by Gasteiger charge is 2.27. The molecular formula is C22H18N6O2S. The van der Waals surface area contributed by atoms with Crippen LogP contribution in [0.15, 0.2) is 60.8 Å². The second-order valence-corrected chi connectivity index (χ2v) is 7.77. The quantitative estimate of drug-likeness (QED) is 0.410. The fraction of sp³-hybridized carbons (Fsp3) is 0.136. The molecule has 0 N–H and O–H groups in total. The molecule has 2 aromatic carbocycles. The summed E-state index contributed by atoms with van der Waals surface area (Å²) in [5, 5.41) is 4.93. The zero-order chi connectivity index (χ0) is 21.4. The molecule has 0 fully saturated rings. The van der Waals surface area contributed by atoms with Gasteiger partial charge in [-0.25, -0.2) is 19.4 Å². The number of para-hydroxylation sites is 1. The number of nitrogens with zero attached hydrogens (tertiary/aromatic N) is 6. The maximum absolute atomic E-state index is 13.6. The van der Waals surface area contributed by atoms with Gasteiger partial charge < -0.3 is 4.74 Å². The molecule has 5 rings (SSSR count). The molecular weight excluding hydrogens is 412 g/mol. The molecule has 0 aliphatic carbocycles. The Hall–Kier alpha value is -3.85. The average molecular weight is 430 g/mol. The number of hydrogen-bond acceptors (Lipinski definition) is 7. The third kappa shape index (κ3) is 3.49. The summed E-state index contributed by atoms with van der Waals surface area (Å²) in [4.78, 5) is 28.4. The molecule has 0 saturated heterocycles. The molecule has 0 radical (unpaired) electrons. The van der Waals surface area contributed by atoms with Crippen LogP contribution in [-0.4, -0.2) is 37.1 Å². The van der Waals surface area contributed by atoms with Crippen LogP contribution in [-0.2, 0) is 0 Å². The van der Waals surface area contributed by atoms with Gasteiger partial charge in [0.15, 0.2) is 5.13 Å². The summed E-state index contributed by atoms with van der Waals surface area (Å²) >= 11 is 1.43. The van der Waals surface area contributed by atoms with Crippen molar-refractivity contribution >= 4 is 44.1 Å². The molecule has 0 aliphatic heterocycles. The van der Waals surface area contributed by atoms with Crippen molar-refractivity contribution < 1.29 is 9.53 Å². The Morgan fingerprint density at radius 1 is 1.10 bits per heavy atom. The van der Waals surface area contributed by atoms with Crippen molar-refractivity contribution in [1.82, 2.24) is 24.6 Å². The van der Waals surface area contributed by atoms with E-state index in [9.17, 15) is 4.79 Å². The molecule has 0 saturated carbocycles. The zero-order valence-electron chi connectivity index (χ0n) is 16.9. The van der Waals surface area contributed by atoms with Crippen LogP contribution >= 0.6 is 11.3 Å². The summed E-state index contributed by atoms with van der Waals surface area (Å²) in [6.07, 6.45) is 1.64. The molecule has 31 heavy (non-hydrogen) atoms. The lowest BCUT2D eigenvalue weighted by Crippen LogP contribution is -2.27. The Morgan fingerprint density at radius 2 is 1.90 bits per heavy atom. The third-order valence-corrected chi connectivity index (χ3v) is 5.73. The van der Waals surface area contributed by atoms with Gasteiger partial charge >= 0.3 is 5.91 Å². The molecule has 9 heteroatoms. The van der Waals surface area contributed by atoms with Gasteiger partial charge in [0, 0.05) is 11.9 Å². The smallest absolute Gasteiger partial charge is 0.304 e. The van der Waals surface area contributed by atoms with E-state index in [-0.39, 0.29) is 11.7 Å². The number of thiazole rings is 1. The van der Waals surface area contributed by atoms with Crippen LogP contribution in [0.4, 0.5) is 10.8 Å². The summed E-state index contributed by atoms with van der Waals surface area (Å²) in [5.41, 5.74) is 2.31. The van der Waals surface area contributed by atoms with Gasteiger partial charge in [-0.05, 0) is 56.3 Å². The first-order valence-electron chi connectivity index (χ1n) is 9.75. The third-order valence-electron chi connectivity index (χ3n) is 4.70. The standard InChI is InChI=1S/C22H18N6O2S/c1-3-30-16-10-8-15(9-11-16)27(22-24-17-6-4-5-7-18(17)31-22)20(29)19-25-21-23-13-12-14(2)28(21)26-19/h4-13H,3H2,1-2H3. The molecule has 0 unspecified atom stereocenters. The summed E-state index contributed by atoms with van der Waals surface area (Å²) < 4.78 is 8.08. The summed E-state index contributed by atoms with van der Waals surface area (Å²) in [7, 11) is 0. The maximum Gasteiger partial charge on any atom is 0.304 e. The molecule has 8 nitrogen and oxygen atoms in total. The van der Waals surface area contributed by atoms with Crippen molar-refractivity contribution in [2.75, 3.05) is 11.5 Å². The molecule has 3 heterocycles. The van der Waals surface area contributed by atoms with Crippen molar-refractivity contribution in [1.29, 1.82) is 0 Å². The van der Waals surface area contributed by atoms with E-state index in [2.05, 4.69) is 20.1 Å². The summed E-state index contributed by atoms with van der Waals surface area (Å²) in [6.45, 7) is 4.38. The number of carbonyl (C=O) groups excluding carboxylic acids is 1. The fourth-order valence-electron chi connectivity index (χ4n) is 3.23. The molecule has 0 atom stereocenters. The van der Waals surface area contributed by atoms with E-state index < -0.39 is 0 Å². The van der Waals surface area contributed by atoms with Crippen LogP contribution in [0.2, 0.25) is 0 Å². The Morgan fingerprint density at radius 3 is 2.65 bits per heavy atom. The van der Waals surface area contributed by atoms with Gasteiger partial charge in [0.1, 0.15) is 5.75 Å². The van der Waals surface area contributed by atoms with Crippen molar-refractivity contribution in [3.63, 3.8) is 0 Å². The minimum absolute atomic E-state index is 0.0509. The minimum Gasteiger partial charge on any atom is -0.494 e. The molecule has 5 aromatic rings. The van der Waals surface area contributed by atoms with Crippen LogP contribution in [0, 0.1) is 6.92 Å². The lowest BCUT2D eigenvalue weighted by Gasteiger charge is -2.18. The van der Waals surface area contributed by atoms with E-state index in [0.717, 1.165) is 21.7 Å². The van der Waals surface area contributed by atoms with Crippen LogP contribution in [0.5, 0.6) is 5.75 Å². The van der Waals surface area contributed by atoms with Crippen molar-refractivity contribution in [2.24, 2.45) is 0 Å². The molecule has 154 valence electrons. The van der Waals surface area contributed by atoms with E-state index in [4.69, 9.17) is 4.74 Å². The molecule has 0 spiro atoms. The lowest BCUT2D eigenvalue weighted by molar-refractivity contribution is 0.0989. The van der Waals surface area contributed by atoms with Gasteiger partial charge in [0.25, 0.3) is 5.78 Å². The average Bonchev–Trinajstić information content (AvgIpc) is 3.40. The first-order valence-corrected chi connectivity index (χ1v) is 10.6. The first-order chi connectivity index (χ1) is 15.1. The largest absolute Gasteiger partial charge is 0.494 e. The number of amides is 1. The normalized spacial score (nSPS) is 11.2. The highest BCUT2D eigenvalue weighted by Crippen LogP contribution is 2.35. The second kappa shape index (κ2) is 7.77. The SMILES string of the molecule is CCOc1ccc(N(C(=O)c2nc3nccc(C)n3n2)c2nc3ccccc3s2)cc1. The Kier molecular flexibility index (Phi) is 4.79. The van der Waals surface area contributed by atoms with E-state index in [1.807, 2.05) is 68.4 Å². The van der Waals surface area contributed by atoms with Crippen LogP contribution < -0.4 is 9.64 Å². The van der Waals surface area contributed by atoms with Crippen LogP contribution in [0.1, 0.15) is 23.2 Å². The molecule has 3 aromatic heterocycles. The van der Waals surface area contributed by atoms with E-state index >= 15 is 0 Å². The zero-order valence-corrected chi connectivity index (χ0v) is 17.7. The van der Waals surface area contributed by atoms with E-state index in [1.165, 1.54) is 16.2 Å². The van der Waals surface area contributed by atoms with Crippen molar-refractivity contribution in [2.45, 2.75) is 13.8 Å². The fourth-order valence-corrected chi connectivity index (χ4v) is 4.21. The topological polar surface area (TPSA) is 85.5 Å². The number of aryl methyl sites for hydroxylation is 1. The van der Waals surface area contributed by atoms with Gasteiger partial charge in [-0.15, -0.1) is 5.10 Å². The van der Waals surface area contributed by atoms with Crippen LogP contribution in [0.25, 0.3) is 16.0 Å². The molecule has 0 aliphatic rings. The maximum atomic E-state index is 13.6. The molecule has 0 bridgehead atoms. The second-order valence-electron chi connectivity index (χ2n) is 6.77. The highest BCUT2D eigenvalue weighted by atomic mass is 32.1. The predicted octanol–water partition coefficient (Wildman–Crippen LogP) is 4.42. The number of ether oxygens (including phenoxy) is 1. The van der Waals surface area contributed by atoms with Crippen LogP contribution in [0.3, 0.4) is 0 Å². The monoisotopic (exact) mass is 430 g/mol. The van der Waals surface area contributed by atoms with E-state index in [1.54, 1.807) is 10.7 Å². The first kappa shape index (κ1) is 19.1. The Balaban J connectivity index is 1.63. The summed E-state index contributed by atoms with van der Waals surface area (Å²) in [5.74, 6) is 0.774. The van der Waals surface area contributed by atoms with Crippen molar-refractivity contribution in [3.05, 3.63) is 72.3 Å². The number of rotatable bonds is 5. The van der Waals surface area contributed by atoms with Gasteiger partial charge in [0.2, 0.25) is 5.82 Å². The molecule has 1 amide bonds. The Bertz CT molecular complexity index is 1360. The number of carbonyl (C=O) groups is 1. The number of fused-ring (bicyclic) bond motifs is 2. The minimum atomic E-state index is -0.381.